The fourth-order valence-corrected chi connectivity index (χ4v) is 3.64. The van der Waals surface area contributed by atoms with Crippen LogP contribution < -0.4 is 14.8 Å². The lowest BCUT2D eigenvalue weighted by molar-refractivity contribution is 0.0611. The van der Waals surface area contributed by atoms with Crippen molar-refractivity contribution in [3.63, 3.8) is 0 Å². The molecule has 0 spiro atoms. The number of para-hydroxylation sites is 1. The predicted octanol–water partition coefficient (Wildman–Crippen LogP) is 4.78. The van der Waals surface area contributed by atoms with Crippen molar-refractivity contribution in [3.8, 4) is 11.5 Å². The van der Waals surface area contributed by atoms with Gasteiger partial charge in [0, 0.05) is 17.4 Å². The molecule has 0 aliphatic carbocycles. The maximum atomic E-state index is 12.9. The number of methoxy groups -OCH3 is 1. The molecule has 0 saturated heterocycles. The highest BCUT2D eigenvalue weighted by molar-refractivity contribution is 5.97. The van der Waals surface area contributed by atoms with Gasteiger partial charge in [-0.25, -0.2) is 0 Å². The number of hydrogen-bond acceptors (Lipinski definition) is 4. The molecule has 3 aromatic rings. The summed E-state index contributed by atoms with van der Waals surface area (Å²) in [6.07, 6.45) is 0.679. The van der Waals surface area contributed by atoms with E-state index in [9.17, 15) is 4.79 Å². The number of fused-ring (bicyclic) bond motifs is 2. The van der Waals surface area contributed by atoms with Gasteiger partial charge in [-0.2, -0.15) is 0 Å². The fourth-order valence-electron chi connectivity index (χ4n) is 3.64. The second-order valence-corrected chi connectivity index (χ2v) is 7.62. The molecule has 1 aliphatic rings. The number of carbonyl (C=O) groups is 1. The Morgan fingerprint density at radius 1 is 1.22 bits per heavy atom. The van der Waals surface area contributed by atoms with Crippen molar-refractivity contribution < 1.29 is 18.7 Å². The number of benzene rings is 2. The van der Waals surface area contributed by atoms with E-state index >= 15 is 0 Å². The Balaban J connectivity index is 1.66. The van der Waals surface area contributed by atoms with Gasteiger partial charge in [-0.05, 0) is 39.0 Å². The quantitative estimate of drug-likeness (QED) is 0.725. The topological polar surface area (TPSA) is 60.7 Å². The third-order valence-corrected chi connectivity index (χ3v) is 4.88. The van der Waals surface area contributed by atoms with Gasteiger partial charge in [-0.15, -0.1) is 0 Å². The van der Waals surface area contributed by atoms with Gasteiger partial charge < -0.3 is 19.2 Å². The monoisotopic (exact) mass is 365 g/mol. The lowest BCUT2D eigenvalue weighted by Crippen LogP contribution is -2.41. The number of aryl methyl sites for hydroxylation is 1. The van der Waals surface area contributed by atoms with Gasteiger partial charge in [0.05, 0.1) is 13.2 Å². The molecule has 2 aromatic carbocycles. The molecule has 1 amide bonds. The van der Waals surface area contributed by atoms with Gasteiger partial charge >= 0.3 is 0 Å². The third kappa shape index (κ3) is 3.25. The van der Waals surface area contributed by atoms with Crippen molar-refractivity contribution in [1.82, 2.24) is 5.32 Å². The van der Waals surface area contributed by atoms with Gasteiger partial charge in [-0.1, -0.05) is 29.8 Å². The summed E-state index contributed by atoms with van der Waals surface area (Å²) in [5.41, 5.74) is 2.34. The van der Waals surface area contributed by atoms with E-state index in [1.165, 1.54) is 0 Å². The van der Waals surface area contributed by atoms with E-state index in [1.54, 1.807) is 13.2 Å². The number of furan rings is 1. The minimum absolute atomic E-state index is 0.147. The normalized spacial score (nSPS) is 17.9. The van der Waals surface area contributed by atoms with Crippen LogP contribution in [0.1, 0.15) is 48.0 Å². The van der Waals surface area contributed by atoms with Crippen molar-refractivity contribution in [2.45, 2.75) is 38.8 Å². The highest BCUT2D eigenvalue weighted by atomic mass is 16.5. The molecule has 140 valence electrons. The van der Waals surface area contributed by atoms with Gasteiger partial charge in [0.25, 0.3) is 5.91 Å². The van der Waals surface area contributed by atoms with Crippen LogP contribution in [0.4, 0.5) is 0 Å². The summed E-state index contributed by atoms with van der Waals surface area (Å²) in [6, 6.07) is 13.2. The molecule has 0 unspecified atom stereocenters. The first kappa shape index (κ1) is 17.5. The molecular formula is C22H23NO4. The van der Waals surface area contributed by atoms with Gasteiger partial charge in [0.1, 0.15) is 11.4 Å². The van der Waals surface area contributed by atoms with Gasteiger partial charge in [0.15, 0.2) is 17.1 Å². The number of rotatable bonds is 3. The van der Waals surface area contributed by atoms with E-state index < -0.39 is 0 Å². The smallest absolute Gasteiger partial charge is 0.287 e. The molecule has 5 nitrogen and oxygen atoms in total. The van der Waals surface area contributed by atoms with Crippen LogP contribution in [0.3, 0.4) is 0 Å². The summed E-state index contributed by atoms with van der Waals surface area (Å²) < 4.78 is 17.2. The number of ether oxygens (including phenoxy) is 2. The summed E-state index contributed by atoms with van der Waals surface area (Å²) in [5, 5.41) is 3.96. The minimum atomic E-state index is -0.364. The number of nitrogens with one attached hydrogen (secondary N) is 1. The first-order chi connectivity index (χ1) is 12.9. The summed E-state index contributed by atoms with van der Waals surface area (Å²) in [5.74, 6) is 1.45. The molecule has 4 rings (SSSR count). The van der Waals surface area contributed by atoms with Crippen molar-refractivity contribution >= 4 is 16.9 Å². The van der Waals surface area contributed by atoms with E-state index in [4.69, 9.17) is 13.9 Å². The minimum Gasteiger partial charge on any atom is -0.493 e. The highest BCUT2D eigenvalue weighted by Gasteiger charge is 2.35. The molecule has 0 bridgehead atoms. The largest absolute Gasteiger partial charge is 0.493 e. The van der Waals surface area contributed by atoms with E-state index in [0.29, 0.717) is 17.8 Å². The van der Waals surface area contributed by atoms with Crippen molar-refractivity contribution in [2.75, 3.05) is 7.11 Å². The Morgan fingerprint density at radius 3 is 2.81 bits per heavy atom. The Bertz CT molecular complexity index is 1020. The number of amides is 1. The molecular weight excluding hydrogens is 342 g/mol. The Morgan fingerprint density at radius 2 is 2.04 bits per heavy atom. The lowest BCUT2D eigenvalue weighted by Gasteiger charge is -2.38. The van der Waals surface area contributed by atoms with Crippen LogP contribution in [0.25, 0.3) is 11.0 Å². The molecule has 27 heavy (non-hydrogen) atoms. The SMILES string of the molecule is COc1cccc2cc(C(=O)N[C@@H]3CC(C)(C)Oc4ccc(C)cc43)oc12. The molecule has 0 saturated carbocycles. The number of carbonyl (C=O) groups excluding carboxylic acids is 1. The first-order valence-corrected chi connectivity index (χ1v) is 9.03. The predicted molar refractivity (Wildman–Crippen MR) is 103 cm³/mol. The maximum Gasteiger partial charge on any atom is 0.287 e. The van der Waals surface area contributed by atoms with Crippen molar-refractivity contribution in [3.05, 3.63) is 59.4 Å². The van der Waals surface area contributed by atoms with Crippen LogP contribution >= 0.6 is 0 Å². The highest BCUT2D eigenvalue weighted by Crippen LogP contribution is 2.40. The molecule has 1 aromatic heterocycles. The van der Waals surface area contributed by atoms with Gasteiger partial charge in [-0.3, -0.25) is 4.79 Å². The zero-order valence-electron chi connectivity index (χ0n) is 16.0. The van der Waals surface area contributed by atoms with Crippen LogP contribution in [0.2, 0.25) is 0 Å². The maximum absolute atomic E-state index is 12.9. The average molecular weight is 365 g/mol. The summed E-state index contributed by atoms with van der Waals surface area (Å²) in [7, 11) is 1.58. The number of hydrogen-bond donors (Lipinski definition) is 1. The van der Waals surface area contributed by atoms with E-state index in [2.05, 4.69) is 11.4 Å². The average Bonchev–Trinajstić information content (AvgIpc) is 3.06. The lowest BCUT2D eigenvalue weighted by atomic mass is 9.89. The Kier molecular flexibility index (Phi) is 4.10. The van der Waals surface area contributed by atoms with Crippen LogP contribution in [0, 0.1) is 6.92 Å². The van der Waals surface area contributed by atoms with E-state index in [0.717, 1.165) is 22.3 Å². The summed E-state index contributed by atoms with van der Waals surface area (Å²) in [4.78, 5) is 12.9. The molecule has 0 fully saturated rings. The molecule has 0 radical (unpaired) electrons. The second kappa shape index (κ2) is 6.34. The van der Waals surface area contributed by atoms with Crippen molar-refractivity contribution in [2.24, 2.45) is 0 Å². The zero-order chi connectivity index (χ0) is 19.2. The molecule has 1 N–H and O–H groups in total. The Hall–Kier alpha value is -2.95. The second-order valence-electron chi connectivity index (χ2n) is 7.62. The van der Waals surface area contributed by atoms with E-state index in [-0.39, 0.29) is 23.3 Å². The van der Waals surface area contributed by atoms with E-state index in [1.807, 2.05) is 51.1 Å². The summed E-state index contributed by atoms with van der Waals surface area (Å²) >= 11 is 0. The van der Waals surface area contributed by atoms with Gasteiger partial charge in [0.2, 0.25) is 0 Å². The molecule has 1 aliphatic heterocycles. The first-order valence-electron chi connectivity index (χ1n) is 9.03. The third-order valence-electron chi connectivity index (χ3n) is 4.88. The van der Waals surface area contributed by atoms with Crippen LogP contribution in [-0.4, -0.2) is 18.6 Å². The van der Waals surface area contributed by atoms with Crippen LogP contribution in [-0.2, 0) is 0 Å². The molecule has 2 heterocycles. The molecule has 5 heteroatoms. The standard InChI is InChI=1S/C22H23NO4/c1-13-8-9-17-15(10-13)16(12-22(2,3)27-17)23-21(24)19-11-14-6-5-7-18(25-4)20(14)26-19/h5-11,16H,12H2,1-4H3,(H,23,24)/t16-/m1/s1. The van der Waals surface area contributed by atoms with Crippen LogP contribution in [0.15, 0.2) is 46.9 Å². The Labute approximate surface area is 158 Å². The van der Waals surface area contributed by atoms with Crippen molar-refractivity contribution in [1.29, 1.82) is 0 Å². The van der Waals surface area contributed by atoms with Crippen LogP contribution in [0.5, 0.6) is 11.5 Å². The molecule has 1 atom stereocenters. The zero-order valence-corrected chi connectivity index (χ0v) is 16.0. The summed E-state index contributed by atoms with van der Waals surface area (Å²) in [6.45, 7) is 6.09. The fraction of sp³-hybridized carbons (Fsp3) is 0.318.